The number of thiophene rings is 1. The fourth-order valence-electron chi connectivity index (χ4n) is 1.75. The summed E-state index contributed by atoms with van der Waals surface area (Å²) in [6.45, 7) is 0.881. The lowest BCUT2D eigenvalue weighted by atomic mass is 10.2. The molecule has 1 unspecified atom stereocenters. The Kier molecular flexibility index (Phi) is 6.26. The van der Waals surface area contributed by atoms with Crippen LogP contribution in [0.15, 0.2) is 41.8 Å². The highest BCUT2D eigenvalue weighted by atomic mass is 32.1. The largest absolute Gasteiger partial charge is 0.479 e. The van der Waals surface area contributed by atoms with Crippen molar-refractivity contribution in [3.05, 3.63) is 52.2 Å². The van der Waals surface area contributed by atoms with Crippen LogP contribution in [0.4, 0.5) is 0 Å². The van der Waals surface area contributed by atoms with E-state index in [0.29, 0.717) is 16.2 Å². The van der Waals surface area contributed by atoms with E-state index < -0.39 is 30.5 Å². The first-order valence-electron chi connectivity index (χ1n) is 7.20. The maximum Gasteiger partial charge on any atom is 0.347 e. The monoisotopic (exact) mass is 358 g/mol. The fraction of sp³-hybridized carbons (Fsp3) is 0.176. The quantitative estimate of drug-likeness (QED) is 0.791. The molecule has 2 rings (SSSR count). The van der Waals surface area contributed by atoms with Crippen LogP contribution in [-0.4, -0.2) is 30.5 Å². The average Bonchev–Trinajstić information content (AvgIpc) is 3.15. The number of nitrogens with one attached hydrogen (secondary N) is 1. The van der Waals surface area contributed by atoms with Crippen LogP contribution >= 0.6 is 11.3 Å². The third kappa shape index (κ3) is 5.44. The zero-order valence-electron chi connectivity index (χ0n) is 13.2. The summed E-state index contributed by atoms with van der Waals surface area (Å²) in [5.41, 5.74) is 0.467. The Hall–Kier alpha value is -3.18. The molecule has 0 aliphatic carbocycles. The van der Waals surface area contributed by atoms with Gasteiger partial charge in [0.1, 0.15) is 5.75 Å². The standard InChI is InChI=1S/C17H14N2O5S/c1-11(24-13-6-4-12(9-18)5-7-13)17(22)23-10-15(20)19-16(21)14-3-2-8-25-14/h2-8,11H,10H2,1H3,(H,19,20,21). The Balaban J connectivity index is 1.77. The molecule has 1 N–H and O–H groups in total. The van der Waals surface area contributed by atoms with E-state index in [9.17, 15) is 14.4 Å². The Labute approximate surface area is 147 Å². The number of imide groups is 1. The van der Waals surface area contributed by atoms with E-state index in [-0.39, 0.29) is 0 Å². The lowest BCUT2D eigenvalue weighted by Crippen LogP contribution is -2.35. The number of hydrogen-bond donors (Lipinski definition) is 1. The van der Waals surface area contributed by atoms with Crippen LogP contribution in [0.5, 0.6) is 5.75 Å². The topological polar surface area (TPSA) is 105 Å². The molecule has 2 aromatic rings. The van der Waals surface area contributed by atoms with E-state index in [2.05, 4.69) is 5.32 Å². The van der Waals surface area contributed by atoms with Crippen LogP contribution in [0.3, 0.4) is 0 Å². The number of hydrogen-bond acceptors (Lipinski definition) is 7. The number of benzene rings is 1. The van der Waals surface area contributed by atoms with Crippen molar-refractivity contribution in [2.45, 2.75) is 13.0 Å². The predicted octanol–water partition coefficient (Wildman–Crippen LogP) is 1.89. The lowest BCUT2D eigenvalue weighted by Gasteiger charge is -2.13. The summed E-state index contributed by atoms with van der Waals surface area (Å²) < 4.78 is 10.2. The molecule has 7 nitrogen and oxygen atoms in total. The number of rotatable bonds is 6. The number of nitriles is 1. The molecule has 1 aromatic carbocycles. The van der Waals surface area contributed by atoms with Crippen LogP contribution in [0.25, 0.3) is 0 Å². The first kappa shape index (κ1) is 18.2. The lowest BCUT2D eigenvalue weighted by molar-refractivity contribution is -0.154. The zero-order valence-corrected chi connectivity index (χ0v) is 14.0. The Bertz CT molecular complexity index is 793. The third-order valence-electron chi connectivity index (χ3n) is 2.97. The molecule has 8 heteroatoms. The van der Waals surface area contributed by atoms with Gasteiger partial charge in [-0.1, -0.05) is 6.07 Å². The molecule has 128 valence electrons. The van der Waals surface area contributed by atoms with E-state index in [1.807, 2.05) is 6.07 Å². The summed E-state index contributed by atoms with van der Waals surface area (Å²) in [6, 6.07) is 11.4. The normalized spacial score (nSPS) is 11.0. The van der Waals surface area contributed by atoms with Gasteiger partial charge in [-0.05, 0) is 42.6 Å². The van der Waals surface area contributed by atoms with Crippen molar-refractivity contribution in [3.8, 4) is 11.8 Å². The summed E-state index contributed by atoms with van der Waals surface area (Å²) in [7, 11) is 0. The number of carbonyl (C=O) groups is 3. The van der Waals surface area contributed by atoms with Gasteiger partial charge < -0.3 is 9.47 Å². The zero-order chi connectivity index (χ0) is 18.2. The van der Waals surface area contributed by atoms with Crippen LogP contribution in [-0.2, 0) is 14.3 Å². The minimum absolute atomic E-state index is 0.386. The molecule has 0 saturated heterocycles. The highest BCUT2D eigenvalue weighted by Gasteiger charge is 2.19. The second-order valence-electron chi connectivity index (χ2n) is 4.86. The van der Waals surface area contributed by atoms with Gasteiger partial charge in [0.2, 0.25) is 0 Å². The highest BCUT2D eigenvalue weighted by molar-refractivity contribution is 7.12. The van der Waals surface area contributed by atoms with Crippen molar-refractivity contribution in [2.75, 3.05) is 6.61 Å². The van der Waals surface area contributed by atoms with Crippen LogP contribution in [0.2, 0.25) is 0 Å². The molecular weight excluding hydrogens is 344 g/mol. The summed E-state index contributed by atoms with van der Waals surface area (Å²) in [6.07, 6.45) is -0.950. The molecule has 0 spiro atoms. The molecule has 0 fully saturated rings. The second-order valence-corrected chi connectivity index (χ2v) is 5.81. The number of ether oxygens (including phenoxy) is 2. The molecule has 25 heavy (non-hydrogen) atoms. The SMILES string of the molecule is CC(Oc1ccc(C#N)cc1)C(=O)OCC(=O)NC(=O)c1cccs1. The van der Waals surface area contributed by atoms with E-state index in [1.54, 1.807) is 41.8 Å². The summed E-state index contributed by atoms with van der Waals surface area (Å²) in [5.74, 6) is -1.63. The Morgan fingerprint density at radius 1 is 1.24 bits per heavy atom. The van der Waals surface area contributed by atoms with E-state index in [1.165, 1.54) is 18.3 Å². The van der Waals surface area contributed by atoms with Crippen LogP contribution in [0.1, 0.15) is 22.2 Å². The van der Waals surface area contributed by atoms with Crippen molar-refractivity contribution in [2.24, 2.45) is 0 Å². The molecule has 0 aliphatic rings. The first-order valence-corrected chi connectivity index (χ1v) is 8.08. The van der Waals surface area contributed by atoms with Crippen molar-refractivity contribution in [1.82, 2.24) is 5.32 Å². The molecule has 0 aliphatic heterocycles. The Morgan fingerprint density at radius 2 is 1.96 bits per heavy atom. The van der Waals surface area contributed by atoms with E-state index in [0.717, 1.165) is 0 Å². The van der Waals surface area contributed by atoms with Crippen molar-refractivity contribution in [3.63, 3.8) is 0 Å². The molecular formula is C17H14N2O5S. The highest BCUT2D eigenvalue weighted by Crippen LogP contribution is 2.14. The number of esters is 1. The van der Waals surface area contributed by atoms with E-state index >= 15 is 0 Å². The summed E-state index contributed by atoms with van der Waals surface area (Å²) in [5, 5.41) is 12.6. The minimum Gasteiger partial charge on any atom is -0.479 e. The predicted molar refractivity (Wildman–Crippen MR) is 89.0 cm³/mol. The minimum atomic E-state index is -0.950. The van der Waals surface area contributed by atoms with Crippen molar-refractivity contribution >= 4 is 29.1 Å². The first-order chi connectivity index (χ1) is 12.0. The van der Waals surface area contributed by atoms with Crippen molar-refractivity contribution < 1.29 is 23.9 Å². The molecule has 0 saturated carbocycles. The number of amides is 2. The van der Waals surface area contributed by atoms with Gasteiger partial charge in [-0.15, -0.1) is 11.3 Å². The molecule has 0 bridgehead atoms. The maximum absolute atomic E-state index is 11.8. The van der Waals surface area contributed by atoms with Gasteiger partial charge in [0.25, 0.3) is 11.8 Å². The van der Waals surface area contributed by atoms with Crippen molar-refractivity contribution in [1.29, 1.82) is 5.26 Å². The summed E-state index contributed by atoms with van der Waals surface area (Å²) in [4.78, 5) is 35.5. The van der Waals surface area contributed by atoms with Gasteiger partial charge >= 0.3 is 5.97 Å². The van der Waals surface area contributed by atoms with Gasteiger partial charge in [0.05, 0.1) is 16.5 Å². The molecule has 0 radical (unpaired) electrons. The van der Waals surface area contributed by atoms with Gasteiger partial charge in [0, 0.05) is 0 Å². The summed E-state index contributed by atoms with van der Waals surface area (Å²) >= 11 is 1.19. The van der Waals surface area contributed by atoms with Gasteiger partial charge in [-0.3, -0.25) is 14.9 Å². The van der Waals surface area contributed by atoms with Gasteiger partial charge in [-0.2, -0.15) is 5.26 Å². The maximum atomic E-state index is 11.8. The second kappa shape index (κ2) is 8.61. The molecule has 1 atom stereocenters. The average molecular weight is 358 g/mol. The smallest absolute Gasteiger partial charge is 0.347 e. The van der Waals surface area contributed by atoms with E-state index in [4.69, 9.17) is 14.7 Å². The van der Waals surface area contributed by atoms with Gasteiger partial charge in [-0.25, -0.2) is 4.79 Å². The molecule has 1 heterocycles. The number of nitrogens with zero attached hydrogens (tertiary/aromatic N) is 1. The molecule has 1 aromatic heterocycles. The fourth-order valence-corrected chi connectivity index (χ4v) is 2.37. The third-order valence-corrected chi connectivity index (χ3v) is 3.84. The number of carbonyl (C=O) groups excluding carboxylic acids is 3. The Morgan fingerprint density at radius 3 is 2.56 bits per heavy atom. The molecule has 2 amide bonds. The van der Waals surface area contributed by atoms with Crippen LogP contribution < -0.4 is 10.1 Å². The van der Waals surface area contributed by atoms with Gasteiger partial charge in [0.15, 0.2) is 12.7 Å². The van der Waals surface area contributed by atoms with Crippen LogP contribution in [0, 0.1) is 11.3 Å².